The Bertz CT molecular complexity index is 1290. The molecule has 0 radical (unpaired) electrons. The largest absolute Gasteiger partial charge is 0.305 e. The fraction of sp³-hybridized carbons (Fsp3) is 0.238. The molecule has 1 fully saturated rings. The van der Waals surface area contributed by atoms with Gasteiger partial charge < -0.3 is 4.57 Å². The molecule has 0 bridgehead atoms. The molecule has 0 aliphatic carbocycles. The normalized spacial score (nSPS) is 16.3. The van der Waals surface area contributed by atoms with Crippen molar-refractivity contribution in [3.8, 4) is 11.4 Å². The van der Waals surface area contributed by atoms with Crippen LogP contribution in [0.1, 0.15) is 18.9 Å². The molecule has 1 aliphatic heterocycles. The molecule has 3 aromatic heterocycles. The van der Waals surface area contributed by atoms with Gasteiger partial charge >= 0.3 is 0 Å². The molecule has 154 valence electrons. The number of hydrogen-bond acceptors (Lipinski definition) is 5. The van der Waals surface area contributed by atoms with E-state index in [0.29, 0.717) is 34.5 Å². The van der Waals surface area contributed by atoms with Crippen LogP contribution in [0.2, 0.25) is 4.34 Å². The SMILES string of the molecule is O=S(=O)(c1ccc(Cl)s1)N1CCC(n2c(-c3ccccc3)nc3cccnc32)CC1. The van der Waals surface area contributed by atoms with Gasteiger partial charge in [0.1, 0.15) is 15.6 Å². The van der Waals surface area contributed by atoms with Crippen molar-refractivity contribution in [2.75, 3.05) is 13.1 Å². The van der Waals surface area contributed by atoms with E-state index in [0.717, 1.165) is 33.9 Å². The summed E-state index contributed by atoms with van der Waals surface area (Å²) in [6.07, 6.45) is 3.16. The third-order valence-corrected chi connectivity index (χ3v) is 9.01. The second kappa shape index (κ2) is 7.77. The molecule has 1 aliphatic rings. The van der Waals surface area contributed by atoms with E-state index in [4.69, 9.17) is 16.6 Å². The van der Waals surface area contributed by atoms with E-state index in [9.17, 15) is 8.42 Å². The number of aromatic nitrogens is 3. The Morgan fingerprint density at radius 1 is 1.00 bits per heavy atom. The van der Waals surface area contributed by atoms with Gasteiger partial charge in [-0.2, -0.15) is 4.31 Å². The summed E-state index contributed by atoms with van der Waals surface area (Å²) in [5.74, 6) is 0.871. The third-order valence-electron chi connectivity index (χ3n) is 5.41. The first-order chi connectivity index (χ1) is 14.5. The summed E-state index contributed by atoms with van der Waals surface area (Å²) in [6, 6.07) is 17.2. The smallest absolute Gasteiger partial charge is 0.252 e. The van der Waals surface area contributed by atoms with Crippen LogP contribution in [0, 0.1) is 0 Å². The van der Waals surface area contributed by atoms with Crippen molar-refractivity contribution in [2.24, 2.45) is 0 Å². The fourth-order valence-corrected chi connectivity index (χ4v) is 7.08. The van der Waals surface area contributed by atoms with Gasteiger partial charge in [-0.15, -0.1) is 11.3 Å². The van der Waals surface area contributed by atoms with Gasteiger partial charge in [0.15, 0.2) is 5.65 Å². The summed E-state index contributed by atoms with van der Waals surface area (Å²) in [7, 11) is -3.51. The second-order valence-electron chi connectivity index (χ2n) is 7.21. The maximum absolute atomic E-state index is 12.9. The van der Waals surface area contributed by atoms with Crippen LogP contribution in [0.5, 0.6) is 0 Å². The highest BCUT2D eigenvalue weighted by atomic mass is 35.5. The average molecular weight is 459 g/mol. The molecule has 1 aromatic carbocycles. The molecule has 4 aromatic rings. The molecule has 1 saturated heterocycles. The topological polar surface area (TPSA) is 68.1 Å². The van der Waals surface area contributed by atoms with Gasteiger partial charge in [-0.1, -0.05) is 41.9 Å². The van der Waals surface area contributed by atoms with Gasteiger partial charge in [-0.25, -0.2) is 18.4 Å². The fourth-order valence-electron chi connectivity index (χ4n) is 3.97. The van der Waals surface area contributed by atoms with Crippen molar-refractivity contribution >= 4 is 44.1 Å². The molecule has 5 rings (SSSR count). The number of rotatable bonds is 4. The van der Waals surface area contributed by atoms with E-state index < -0.39 is 10.0 Å². The predicted octanol–water partition coefficient (Wildman–Crippen LogP) is 4.84. The van der Waals surface area contributed by atoms with E-state index in [2.05, 4.69) is 9.55 Å². The van der Waals surface area contributed by atoms with Gasteiger partial charge in [0.2, 0.25) is 0 Å². The highest BCUT2D eigenvalue weighted by Crippen LogP contribution is 2.35. The number of fused-ring (bicyclic) bond motifs is 1. The van der Waals surface area contributed by atoms with Crippen LogP contribution in [0.4, 0.5) is 0 Å². The van der Waals surface area contributed by atoms with Crippen LogP contribution in [-0.4, -0.2) is 40.3 Å². The van der Waals surface area contributed by atoms with E-state index >= 15 is 0 Å². The maximum atomic E-state index is 12.9. The number of pyridine rings is 1. The summed E-state index contributed by atoms with van der Waals surface area (Å²) in [6.45, 7) is 0.895. The zero-order chi connectivity index (χ0) is 20.7. The van der Waals surface area contributed by atoms with E-state index in [1.54, 1.807) is 22.6 Å². The Balaban J connectivity index is 1.47. The van der Waals surface area contributed by atoms with Crippen LogP contribution in [0.3, 0.4) is 0 Å². The van der Waals surface area contributed by atoms with E-state index in [-0.39, 0.29) is 6.04 Å². The van der Waals surface area contributed by atoms with Gasteiger partial charge in [-0.3, -0.25) is 0 Å². The van der Waals surface area contributed by atoms with Gasteiger partial charge in [0.05, 0.1) is 4.34 Å². The molecule has 0 unspecified atom stereocenters. The van der Waals surface area contributed by atoms with Gasteiger partial charge in [0, 0.05) is 30.9 Å². The number of benzene rings is 1. The Morgan fingerprint density at radius 2 is 1.77 bits per heavy atom. The lowest BCUT2D eigenvalue weighted by Crippen LogP contribution is -2.38. The number of imidazole rings is 1. The van der Waals surface area contributed by atoms with Crippen LogP contribution in [0.15, 0.2) is 65.0 Å². The second-order valence-corrected chi connectivity index (χ2v) is 11.1. The minimum absolute atomic E-state index is 0.124. The standard InChI is InChI=1S/C21H19ClN4O2S2/c22-18-8-9-19(29-18)30(27,28)25-13-10-16(11-14-25)26-20(15-5-2-1-3-6-15)24-17-7-4-12-23-21(17)26/h1-9,12,16H,10-11,13-14H2. The predicted molar refractivity (Wildman–Crippen MR) is 119 cm³/mol. The molecular weight excluding hydrogens is 440 g/mol. The average Bonchev–Trinajstić information content (AvgIpc) is 3.39. The number of halogens is 1. The first kappa shape index (κ1) is 19.7. The molecule has 6 nitrogen and oxygen atoms in total. The Hall–Kier alpha value is -2.26. The minimum atomic E-state index is -3.51. The van der Waals surface area contributed by atoms with Crippen molar-refractivity contribution in [1.29, 1.82) is 0 Å². The Morgan fingerprint density at radius 3 is 2.47 bits per heavy atom. The van der Waals surface area contributed by atoms with Crippen molar-refractivity contribution in [3.05, 3.63) is 65.1 Å². The molecule has 4 heterocycles. The summed E-state index contributed by atoms with van der Waals surface area (Å²) in [4.78, 5) is 9.41. The van der Waals surface area contributed by atoms with Crippen molar-refractivity contribution < 1.29 is 8.42 Å². The zero-order valence-electron chi connectivity index (χ0n) is 16.0. The molecule has 0 atom stereocenters. The van der Waals surface area contributed by atoms with Crippen LogP contribution >= 0.6 is 22.9 Å². The Labute approximate surface area is 183 Å². The lowest BCUT2D eigenvalue weighted by atomic mass is 10.1. The van der Waals surface area contributed by atoms with Gasteiger partial charge in [-0.05, 0) is 37.1 Å². The number of nitrogens with zero attached hydrogens (tertiary/aromatic N) is 4. The van der Waals surface area contributed by atoms with E-state index in [1.807, 2.05) is 42.5 Å². The number of hydrogen-bond donors (Lipinski definition) is 0. The molecule has 0 amide bonds. The molecule has 9 heteroatoms. The van der Waals surface area contributed by atoms with Crippen molar-refractivity contribution in [1.82, 2.24) is 18.8 Å². The summed E-state index contributed by atoms with van der Waals surface area (Å²) in [5, 5.41) is 0. The molecule has 0 saturated carbocycles. The Kier molecular flexibility index (Phi) is 5.10. The first-order valence-corrected chi connectivity index (χ1v) is 12.3. The maximum Gasteiger partial charge on any atom is 0.252 e. The summed E-state index contributed by atoms with van der Waals surface area (Å²) in [5.41, 5.74) is 2.71. The first-order valence-electron chi connectivity index (χ1n) is 9.68. The monoisotopic (exact) mass is 458 g/mol. The summed E-state index contributed by atoms with van der Waals surface area (Å²) >= 11 is 7.04. The number of thiophene rings is 1. The van der Waals surface area contributed by atoms with E-state index in [1.165, 1.54) is 0 Å². The number of piperidine rings is 1. The molecule has 0 spiro atoms. The minimum Gasteiger partial charge on any atom is -0.305 e. The highest BCUT2D eigenvalue weighted by Gasteiger charge is 2.32. The highest BCUT2D eigenvalue weighted by molar-refractivity contribution is 7.91. The lowest BCUT2D eigenvalue weighted by molar-refractivity contribution is 0.278. The van der Waals surface area contributed by atoms with Crippen LogP contribution in [0.25, 0.3) is 22.6 Å². The van der Waals surface area contributed by atoms with Gasteiger partial charge in [0.25, 0.3) is 10.0 Å². The zero-order valence-corrected chi connectivity index (χ0v) is 18.4. The number of sulfonamides is 1. The lowest BCUT2D eigenvalue weighted by Gasteiger charge is -2.32. The third kappa shape index (κ3) is 3.43. The van der Waals surface area contributed by atoms with Crippen molar-refractivity contribution in [2.45, 2.75) is 23.1 Å². The molecular formula is C21H19ClN4O2S2. The van der Waals surface area contributed by atoms with Crippen molar-refractivity contribution in [3.63, 3.8) is 0 Å². The van der Waals surface area contributed by atoms with Crippen LogP contribution < -0.4 is 0 Å². The summed E-state index contributed by atoms with van der Waals surface area (Å²) < 4.78 is 30.4. The quantitative estimate of drug-likeness (QED) is 0.439. The molecule has 30 heavy (non-hydrogen) atoms. The van der Waals surface area contributed by atoms with Crippen LogP contribution in [-0.2, 0) is 10.0 Å². The molecule has 0 N–H and O–H groups in total.